The van der Waals surface area contributed by atoms with Crippen LogP contribution in [0.1, 0.15) is 29.6 Å². The molecule has 36 heavy (non-hydrogen) atoms. The van der Waals surface area contributed by atoms with Crippen molar-refractivity contribution in [2.24, 2.45) is 0 Å². The van der Waals surface area contributed by atoms with E-state index in [0.717, 1.165) is 66.8 Å². The smallest absolute Gasteiger partial charge is 0.180 e. The Morgan fingerprint density at radius 3 is 2.67 bits per heavy atom. The number of imidazole rings is 1. The number of aliphatic hydroxyl groups excluding tert-OH is 1. The van der Waals surface area contributed by atoms with Crippen LogP contribution in [0.4, 0.5) is 0 Å². The van der Waals surface area contributed by atoms with Crippen LogP contribution in [0.3, 0.4) is 0 Å². The summed E-state index contributed by atoms with van der Waals surface area (Å²) in [4.78, 5) is 9.66. The van der Waals surface area contributed by atoms with Gasteiger partial charge in [-0.15, -0.1) is 5.10 Å². The molecule has 0 saturated heterocycles. The van der Waals surface area contributed by atoms with Gasteiger partial charge in [-0.25, -0.2) is 15.1 Å². The Hall–Kier alpha value is -3.89. The highest BCUT2D eigenvalue weighted by atomic mass is 79.9. The molecule has 0 bridgehead atoms. The van der Waals surface area contributed by atoms with E-state index in [4.69, 9.17) is 14.4 Å². The number of aromatic amines is 1. The second-order valence-corrected chi connectivity index (χ2v) is 9.37. The Labute approximate surface area is 214 Å². The number of fused-ring (bicyclic) bond motifs is 2. The summed E-state index contributed by atoms with van der Waals surface area (Å²) in [5, 5.41) is 24.4. The van der Waals surface area contributed by atoms with Crippen LogP contribution >= 0.6 is 15.9 Å². The topological polar surface area (TPSA) is 119 Å². The first-order chi connectivity index (χ1) is 17.6. The summed E-state index contributed by atoms with van der Waals surface area (Å²) >= 11 is 3.87. The molecular weight excluding hydrogens is 522 g/mol. The molecule has 0 atom stereocenters. The highest BCUT2D eigenvalue weighted by Gasteiger charge is 2.27. The molecule has 9 nitrogen and oxygen atoms in total. The lowest BCUT2D eigenvalue weighted by molar-refractivity contribution is 0.277. The van der Waals surface area contributed by atoms with Crippen LogP contribution in [0.2, 0.25) is 0 Å². The number of H-pyrrole nitrogens is 1. The fourth-order valence-corrected chi connectivity index (χ4v) is 5.62. The molecule has 4 aromatic rings. The second-order valence-electron chi connectivity index (χ2n) is 8.58. The molecule has 1 aliphatic carbocycles. The van der Waals surface area contributed by atoms with E-state index in [9.17, 15) is 5.11 Å². The van der Waals surface area contributed by atoms with Gasteiger partial charge in [-0.1, -0.05) is 31.2 Å². The van der Waals surface area contributed by atoms with E-state index >= 15 is 0 Å². The van der Waals surface area contributed by atoms with Crippen molar-refractivity contribution in [1.82, 2.24) is 35.2 Å². The Morgan fingerprint density at radius 1 is 1.08 bits per heavy atom. The Balaban J connectivity index is 1.63. The monoisotopic (exact) mass is 543 g/mol. The fraction of sp³-hybridized carbons (Fsp3) is 0.192. The van der Waals surface area contributed by atoms with Gasteiger partial charge in [0.15, 0.2) is 11.5 Å². The van der Waals surface area contributed by atoms with E-state index in [-0.39, 0.29) is 6.61 Å². The molecule has 0 spiro atoms. The second kappa shape index (κ2) is 8.96. The molecule has 4 heterocycles. The number of halogens is 1. The number of tetrazole rings is 1. The van der Waals surface area contributed by atoms with Crippen LogP contribution in [-0.4, -0.2) is 40.3 Å². The summed E-state index contributed by atoms with van der Waals surface area (Å²) in [6.45, 7) is 4.50. The van der Waals surface area contributed by atoms with Crippen molar-refractivity contribution in [1.29, 1.82) is 0 Å². The van der Waals surface area contributed by atoms with E-state index in [1.54, 1.807) is 12.5 Å². The van der Waals surface area contributed by atoms with E-state index in [1.165, 1.54) is 0 Å². The van der Waals surface area contributed by atoms with Gasteiger partial charge >= 0.3 is 0 Å². The lowest BCUT2D eigenvalue weighted by atomic mass is 9.97. The highest BCUT2D eigenvalue weighted by Crippen LogP contribution is 2.48. The summed E-state index contributed by atoms with van der Waals surface area (Å²) in [5.74, 6) is 1.52. The van der Waals surface area contributed by atoms with Gasteiger partial charge in [-0.3, -0.25) is 0 Å². The number of hydrogen-bond donors (Lipinski definition) is 2. The molecule has 0 saturated carbocycles. The van der Waals surface area contributed by atoms with E-state index < -0.39 is 0 Å². The molecular formula is C26H22BrN7O2. The number of nitrogens with zero attached hydrogens (tertiary/aromatic N) is 6. The Morgan fingerprint density at radius 2 is 1.92 bits per heavy atom. The molecule has 3 aromatic heterocycles. The molecule has 0 fully saturated rings. The minimum Gasteiger partial charge on any atom is -0.472 e. The number of benzene rings is 1. The maximum absolute atomic E-state index is 9.80. The molecule has 10 heteroatoms. The van der Waals surface area contributed by atoms with Crippen LogP contribution in [0, 0.1) is 6.92 Å². The summed E-state index contributed by atoms with van der Waals surface area (Å²) in [6.07, 6.45) is 4.19. The van der Waals surface area contributed by atoms with Gasteiger partial charge in [0.25, 0.3) is 0 Å². The van der Waals surface area contributed by atoms with E-state index in [0.29, 0.717) is 18.1 Å². The van der Waals surface area contributed by atoms with Gasteiger partial charge in [0.1, 0.15) is 11.3 Å². The molecule has 1 aromatic carbocycles. The van der Waals surface area contributed by atoms with Crippen LogP contribution in [0.25, 0.3) is 44.8 Å². The maximum Gasteiger partial charge on any atom is 0.180 e. The number of nitrogens with one attached hydrogen (secondary N) is 1. The van der Waals surface area contributed by atoms with Gasteiger partial charge in [0.2, 0.25) is 0 Å². The van der Waals surface area contributed by atoms with Crippen molar-refractivity contribution < 1.29 is 9.52 Å². The average Bonchev–Trinajstić information content (AvgIpc) is 3.62. The molecule has 180 valence electrons. The number of aryl methyl sites for hydroxylation is 2. The molecule has 0 amide bonds. The fourth-order valence-electron chi connectivity index (χ4n) is 4.86. The number of hydrogen-bond acceptors (Lipinski definition) is 7. The van der Waals surface area contributed by atoms with Crippen molar-refractivity contribution in [2.45, 2.75) is 33.4 Å². The summed E-state index contributed by atoms with van der Waals surface area (Å²) < 4.78 is 8.62. The lowest BCUT2D eigenvalue weighted by Gasteiger charge is -2.14. The van der Waals surface area contributed by atoms with Crippen molar-refractivity contribution in [3.05, 3.63) is 76.0 Å². The van der Waals surface area contributed by atoms with Crippen molar-refractivity contribution in [3.63, 3.8) is 0 Å². The predicted molar refractivity (Wildman–Crippen MR) is 138 cm³/mol. The zero-order valence-electron chi connectivity index (χ0n) is 19.7. The zero-order chi connectivity index (χ0) is 24.8. The third-order valence-electron chi connectivity index (χ3n) is 6.49. The first kappa shape index (κ1) is 22.6. The Kier molecular flexibility index (Phi) is 5.62. The SMILES string of the molecule is CCc1nc2c(C)cc(CO)nc2n1Cc1c2ccocc-2c(Br)c1-c1ccccc1-c1nnn[nH]1. The minimum absolute atomic E-state index is 0.125. The normalized spacial score (nSPS) is 11.7. The Bertz CT molecular complexity index is 1670. The van der Waals surface area contributed by atoms with Crippen molar-refractivity contribution >= 4 is 27.1 Å². The summed E-state index contributed by atoms with van der Waals surface area (Å²) in [6, 6.07) is 11.9. The van der Waals surface area contributed by atoms with Gasteiger partial charge in [0.05, 0.1) is 31.4 Å². The number of pyridine rings is 1. The van der Waals surface area contributed by atoms with Gasteiger partial charge in [0, 0.05) is 27.6 Å². The first-order valence-electron chi connectivity index (χ1n) is 11.6. The third kappa shape index (κ3) is 3.52. The predicted octanol–water partition coefficient (Wildman–Crippen LogP) is 5.15. The lowest BCUT2D eigenvalue weighted by Crippen LogP contribution is -2.07. The van der Waals surface area contributed by atoms with Crippen LogP contribution in [0.15, 0.2) is 57.8 Å². The number of aliphatic hydroxyl groups is 1. The standard InChI is InChI=1S/C26H22BrN7O2/c1-3-21-29-24-14(2)10-15(12-35)28-26(24)34(21)11-19-16-8-9-36-13-20(16)23(27)22(19)17-6-4-5-7-18(17)25-30-32-33-31-25/h4-10,13,35H,3,11-12H2,1-2H3,(H,30,31,32,33). The first-order valence-corrected chi connectivity index (χ1v) is 12.4. The number of aromatic nitrogens is 7. The summed E-state index contributed by atoms with van der Waals surface area (Å²) in [5.41, 5.74) is 9.25. The molecule has 2 N–H and O–H groups in total. The third-order valence-corrected chi connectivity index (χ3v) is 7.31. The molecule has 1 aliphatic heterocycles. The van der Waals surface area contributed by atoms with Crippen molar-refractivity contribution in [3.8, 4) is 33.6 Å². The maximum atomic E-state index is 9.80. The molecule has 0 radical (unpaired) electrons. The van der Waals surface area contributed by atoms with Gasteiger partial charge in [-0.2, -0.15) is 0 Å². The zero-order valence-corrected chi connectivity index (χ0v) is 21.2. The quantitative estimate of drug-likeness (QED) is 0.298. The van der Waals surface area contributed by atoms with Crippen molar-refractivity contribution in [2.75, 3.05) is 0 Å². The average molecular weight is 544 g/mol. The van der Waals surface area contributed by atoms with Crippen LogP contribution < -0.4 is 0 Å². The van der Waals surface area contributed by atoms with E-state index in [1.807, 2.05) is 37.3 Å². The highest BCUT2D eigenvalue weighted by molar-refractivity contribution is 9.10. The van der Waals surface area contributed by atoms with E-state index in [2.05, 4.69) is 54.1 Å². The van der Waals surface area contributed by atoms with Gasteiger partial charge in [-0.05, 0) is 67.7 Å². The van der Waals surface area contributed by atoms with Gasteiger partial charge < -0.3 is 14.1 Å². The largest absolute Gasteiger partial charge is 0.472 e. The molecule has 2 aliphatic rings. The molecule has 0 unspecified atom stereocenters. The number of rotatable bonds is 6. The summed E-state index contributed by atoms with van der Waals surface area (Å²) in [7, 11) is 0. The minimum atomic E-state index is -0.125. The molecule has 6 rings (SSSR count). The van der Waals surface area contributed by atoms with Crippen LogP contribution in [0.5, 0.6) is 0 Å². The van der Waals surface area contributed by atoms with Crippen LogP contribution in [-0.2, 0) is 19.6 Å².